The van der Waals surface area contributed by atoms with Gasteiger partial charge in [-0.1, -0.05) is 20.8 Å². The van der Waals surface area contributed by atoms with E-state index in [1.807, 2.05) is 20.8 Å². The van der Waals surface area contributed by atoms with Crippen LogP contribution in [0.2, 0.25) is 0 Å². The molecule has 0 fully saturated rings. The molecule has 1 N–H and O–H groups in total. The van der Waals surface area contributed by atoms with Crippen molar-refractivity contribution in [2.24, 2.45) is 0 Å². The molecule has 0 radical (unpaired) electrons. The molecule has 4 heteroatoms. The van der Waals surface area contributed by atoms with E-state index in [1.165, 1.54) is 18.2 Å². The third kappa shape index (κ3) is 1.71. The van der Waals surface area contributed by atoms with Crippen molar-refractivity contribution in [1.29, 1.82) is 0 Å². The van der Waals surface area contributed by atoms with Gasteiger partial charge in [0, 0.05) is 17.1 Å². The predicted octanol–water partition coefficient (Wildman–Crippen LogP) is 3.86. The first-order valence-electron chi connectivity index (χ1n) is 6.68. The minimum Gasteiger partial charge on any atom is -0.478 e. The Bertz CT molecular complexity index is 737. The number of rotatable bonds is 1. The number of fused-ring (bicyclic) bond motifs is 2. The maximum absolute atomic E-state index is 13.4. The number of halogens is 1. The van der Waals surface area contributed by atoms with E-state index in [1.54, 1.807) is 0 Å². The second kappa shape index (κ2) is 4.01. The number of carboxylic acid groups (broad SMARTS) is 1. The first-order valence-corrected chi connectivity index (χ1v) is 6.68. The molecule has 1 atom stereocenters. The van der Waals surface area contributed by atoms with Gasteiger partial charge in [0.1, 0.15) is 5.82 Å². The van der Waals surface area contributed by atoms with Crippen molar-refractivity contribution in [1.82, 2.24) is 4.98 Å². The van der Waals surface area contributed by atoms with E-state index < -0.39 is 11.8 Å². The lowest BCUT2D eigenvalue weighted by Crippen LogP contribution is -2.18. The minimum absolute atomic E-state index is 0.186. The van der Waals surface area contributed by atoms with Crippen molar-refractivity contribution < 1.29 is 14.3 Å². The van der Waals surface area contributed by atoms with E-state index in [9.17, 15) is 14.3 Å². The highest BCUT2D eigenvalue weighted by Gasteiger charge is 2.40. The number of aromatic carboxylic acids is 1. The Hall–Kier alpha value is -1.97. The molecule has 104 valence electrons. The van der Waals surface area contributed by atoms with Crippen molar-refractivity contribution in [3.63, 3.8) is 0 Å². The van der Waals surface area contributed by atoms with Gasteiger partial charge in [-0.05, 0) is 35.4 Å². The molecule has 1 aromatic heterocycles. The highest BCUT2D eigenvalue weighted by Crippen LogP contribution is 2.47. The molecule has 0 saturated carbocycles. The fourth-order valence-corrected chi connectivity index (χ4v) is 3.49. The number of pyridine rings is 1. The number of benzene rings is 1. The molecule has 1 heterocycles. The normalized spacial score (nSPS) is 20.1. The summed E-state index contributed by atoms with van der Waals surface area (Å²) in [5, 5.41) is 10.1. The highest BCUT2D eigenvalue weighted by molar-refractivity contribution is 6.04. The Balaban J connectivity index is 2.49. The highest BCUT2D eigenvalue weighted by atomic mass is 19.1. The van der Waals surface area contributed by atoms with Gasteiger partial charge in [-0.2, -0.15) is 0 Å². The molecule has 1 aliphatic carbocycles. The van der Waals surface area contributed by atoms with Crippen molar-refractivity contribution in [3.05, 3.63) is 40.8 Å². The summed E-state index contributed by atoms with van der Waals surface area (Å²) in [5.74, 6) is -1.18. The predicted molar refractivity (Wildman–Crippen MR) is 74.7 cm³/mol. The monoisotopic (exact) mass is 273 g/mol. The molecule has 1 unspecified atom stereocenters. The average molecular weight is 273 g/mol. The third-order valence-electron chi connectivity index (χ3n) is 4.15. The molecule has 0 aliphatic heterocycles. The maximum atomic E-state index is 13.4. The maximum Gasteiger partial charge on any atom is 0.336 e. The van der Waals surface area contributed by atoms with E-state index in [0.717, 1.165) is 17.7 Å². The number of carbonyl (C=O) groups is 1. The van der Waals surface area contributed by atoms with Crippen molar-refractivity contribution >= 4 is 16.9 Å². The summed E-state index contributed by atoms with van der Waals surface area (Å²) in [5.41, 5.74) is 2.07. The zero-order valence-electron chi connectivity index (χ0n) is 11.7. The van der Waals surface area contributed by atoms with E-state index in [-0.39, 0.29) is 16.9 Å². The van der Waals surface area contributed by atoms with E-state index in [4.69, 9.17) is 0 Å². The average Bonchev–Trinajstić information content (AvgIpc) is 2.56. The summed E-state index contributed by atoms with van der Waals surface area (Å²) in [6.45, 7) is 6.12. The minimum atomic E-state index is -0.970. The van der Waals surface area contributed by atoms with Crippen molar-refractivity contribution in [2.75, 3.05) is 0 Å². The van der Waals surface area contributed by atoms with Crippen LogP contribution in [0.25, 0.3) is 10.9 Å². The van der Waals surface area contributed by atoms with Gasteiger partial charge in [0.15, 0.2) is 0 Å². The molecule has 0 bridgehead atoms. The molecule has 0 spiro atoms. The molecule has 0 amide bonds. The molecule has 3 rings (SSSR count). The Kier molecular flexibility index (Phi) is 2.61. The van der Waals surface area contributed by atoms with Gasteiger partial charge in [0.05, 0.1) is 11.1 Å². The van der Waals surface area contributed by atoms with Crippen LogP contribution in [0.4, 0.5) is 4.39 Å². The molecule has 3 nitrogen and oxygen atoms in total. The van der Waals surface area contributed by atoms with Crippen LogP contribution in [0.3, 0.4) is 0 Å². The van der Waals surface area contributed by atoms with E-state index >= 15 is 0 Å². The molecular weight excluding hydrogens is 257 g/mol. The van der Waals surface area contributed by atoms with Crippen LogP contribution in [0.1, 0.15) is 54.7 Å². The smallest absolute Gasteiger partial charge is 0.336 e. The van der Waals surface area contributed by atoms with Gasteiger partial charge in [0.25, 0.3) is 0 Å². The number of carboxylic acids is 1. The van der Waals surface area contributed by atoms with Crippen LogP contribution >= 0.6 is 0 Å². The Morgan fingerprint density at radius 1 is 1.45 bits per heavy atom. The summed E-state index contributed by atoms with van der Waals surface area (Å²) in [6.07, 6.45) is 0.856. The zero-order valence-corrected chi connectivity index (χ0v) is 11.7. The lowest BCUT2D eigenvalue weighted by molar-refractivity contribution is 0.0696. The van der Waals surface area contributed by atoms with Gasteiger partial charge in [-0.3, -0.25) is 4.98 Å². The van der Waals surface area contributed by atoms with Gasteiger partial charge >= 0.3 is 5.97 Å². The first kappa shape index (κ1) is 13.0. The topological polar surface area (TPSA) is 50.2 Å². The van der Waals surface area contributed by atoms with Gasteiger partial charge in [0.2, 0.25) is 0 Å². The molecule has 1 aromatic carbocycles. The second-order valence-electron chi connectivity index (χ2n) is 6.20. The van der Waals surface area contributed by atoms with E-state index in [0.29, 0.717) is 10.9 Å². The number of hydrogen-bond acceptors (Lipinski definition) is 2. The lowest BCUT2D eigenvalue weighted by atomic mass is 9.83. The number of aromatic nitrogens is 1. The Labute approximate surface area is 116 Å². The summed E-state index contributed by atoms with van der Waals surface area (Å²) in [7, 11) is 0. The van der Waals surface area contributed by atoms with Crippen LogP contribution in [-0.4, -0.2) is 16.1 Å². The molecular formula is C16H16FNO2. The van der Waals surface area contributed by atoms with Crippen LogP contribution < -0.4 is 0 Å². The standard InChI is InChI=1S/C16H16FNO2/c1-8-7-16(2,3)13-12(15(19)20)10-5-4-9(17)6-11(10)18-14(8)13/h4-6,8H,7H2,1-3H3,(H,19,20). The summed E-state index contributed by atoms with van der Waals surface area (Å²) >= 11 is 0. The van der Waals surface area contributed by atoms with Crippen LogP contribution in [-0.2, 0) is 5.41 Å². The third-order valence-corrected chi connectivity index (χ3v) is 4.15. The fraction of sp³-hybridized carbons (Fsp3) is 0.375. The van der Waals surface area contributed by atoms with Crippen molar-refractivity contribution in [3.8, 4) is 0 Å². The van der Waals surface area contributed by atoms with Crippen LogP contribution in [0, 0.1) is 5.82 Å². The van der Waals surface area contributed by atoms with Gasteiger partial charge < -0.3 is 5.11 Å². The van der Waals surface area contributed by atoms with E-state index in [2.05, 4.69) is 4.98 Å². The SMILES string of the molecule is CC1CC(C)(C)c2c1nc1cc(F)ccc1c2C(=O)O. The molecule has 20 heavy (non-hydrogen) atoms. The fourth-order valence-electron chi connectivity index (χ4n) is 3.49. The first-order chi connectivity index (χ1) is 9.31. The van der Waals surface area contributed by atoms with Gasteiger partial charge in [-0.15, -0.1) is 0 Å². The second-order valence-corrected chi connectivity index (χ2v) is 6.20. The summed E-state index contributed by atoms with van der Waals surface area (Å²) < 4.78 is 13.4. The zero-order chi connectivity index (χ0) is 14.7. The number of hydrogen-bond donors (Lipinski definition) is 1. The van der Waals surface area contributed by atoms with Gasteiger partial charge in [-0.25, -0.2) is 9.18 Å². The molecule has 0 saturated heterocycles. The molecule has 2 aromatic rings. The van der Waals surface area contributed by atoms with Crippen molar-refractivity contribution in [2.45, 2.75) is 38.5 Å². The largest absolute Gasteiger partial charge is 0.478 e. The Morgan fingerprint density at radius 3 is 2.80 bits per heavy atom. The van der Waals surface area contributed by atoms with Crippen LogP contribution in [0.15, 0.2) is 18.2 Å². The quantitative estimate of drug-likeness (QED) is 0.858. The van der Waals surface area contributed by atoms with Crippen LogP contribution in [0.5, 0.6) is 0 Å². The Morgan fingerprint density at radius 2 is 2.15 bits per heavy atom. The number of nitrogens with zero attached hydrogens (tertiary/aromatic N) is 1. The summed E-state index contributed by atoms with van der Waals surface area (Å²) in [4.78, 5) is 16.3. The summed E-state index contributed by atoms with van der Waals surface area (Å²) in [6, 6.07) is 4.11. The molecule has 1 aliphatic rings. The lowest BCUT2D eigenvalue weighted by Gasteiger charge is -2.21.